The molecule has 0 bridgehead atoms. The summed E-state index contributed by atoms with van der Waals surface area (Å²) in [5.41, 5.74) is 0. The van der Waals surface area contributed by atoms with Crippen molar-refractivity contribution in [1.29, 1.82) is 0 Å². The van der Waals surface area contributed by atoms with E-state index in [-0.39, 0.29) is 5.88 Å². The molecular formula is C5H7NO4S. The Morgan fingerprint density at radius 3 is 2.36 bits per heavy atom. The smallest absolute Gasteiger partial charge is 0.319 e. The number of esters is 1. The second-order valence-corrected chi connectivity index (χ2v) is 2.15. The molecule has 5 nitrogen and oxygen atoms in total. The highest BCUT2D eigenvalue weighted by Crippen LogP contribution is 1.98. The van der Waals surface area contributed by atoms with Crippen molar-refractivity contribution < 1.29 is 17.9 Å². The molecule has 11 heavy (non-hydrogen) atoms. The fourth-order valence-electron chi connectivity index (χ4n) is 0.351. The predicted octanol–water partition coefficient (Wildman–Crippen LogP) is 0.474. The molecule has 0 amide bonds. The van der Waals surface area contributed by atoms with Gasteiger partial charge >= 0.3 is 16.5 Å². The highest BCUT2D eigenvalue weighted by molar-refractivity contribution is 7.61. The molecule has 0 saturated heterocycles. The number of carbonyl (C=O) groups excluding carboxylic acids is 1. The molecule has 0 unspecified atom stereocenters. The van der Waals surface area contributed by atoms with Crippen molar-refractivity contribution in [3.8, 4) is 0 Å². The SMILES string of the molecule is CC=C(N=S(=O)=O)OC(C)=O. The van der Waals surface area contributed by atoms with Crippen LogP contribution in [0.15, 0.2) is 16.3 Å². The molecule has 0 aromatic rings. The van der Waals surface area contributed by atoms with E-state index in [1.807, 2.05) is 0 Å². The number of ether oxygens (including phenoxy) is 1. The van der Waals surface area contributed by atoms with Crippen LogP contribution < -0.4 is 0 Å². The first-order valence-corrected chi connectivity index (χ1v) is 3.75. The first-order chi connectivity index (χ1) is 5.06. The lowest BCUT2D eigenvalue weighted by molar-refractivity contribution is -0.136. The van der Waals surface area contributed by atoms with Crippen LogP contribution in [0.3, 0.4) is 0 Å². The number of hydrogen-bond donors (Lipinski definition) is 0. The molecule has 0 aliphatic carbocycles. The van der Waals surface area contributed by atoms with Crippen LogP contribution in [0.1, 0.15) is 13.8 Å². The summed E-state index contributed by atoms with van der Waals surface area (Å²) >= 11 is 0. The van der Waals surface area contributed by atoms with Crippen molar-refractivity contribution in [3.63, 3.8) is 0 Å². The standard InChI is InChI=1S/C5H7NO4S/c1-3-5(6-11(8)9)10-4(2)7/h3H,1-2H3. The van der Waals surface area contributed by atoms with E-state index >= 15 is 0 Å². The van der Waals surface area contributed by atoms with Crippen LogP contribution in [0.5, 0.6) is 0 Å². The average molecular weight is 177 g/mol. The van der Waals surface area contributed by atoms with Crippen molar-refractivity contribution >= 4 is 16.5 Å². The van der Waals surface area contributed by atoms with Crippen LogP contribution in [0, 0.1) is 0 Å². The van der Waals surface area contributed by atoms with Crippen molar-refractivity contribution in [1.82, 2.24) is 0 Å². The van der Waals surface area contributed by atoms with Crippen LogP contribution in [0.25, 0.3) is 0 Å². The number of carbonyl (C=O) groups is 1. The summed E-state index contributed by atoms with van der Waals surface area (Å²) in [7, 11) is -2.58. The Morgan fingerprint density at radius 2 is 2.09 bits per heavy atom. The van der Waals surface area contributed by atoms with Gasteiger partial charge in [0.1, 0.15) is 0 Å². The summed E-state index contributed by atoms with van der Waals surface area (Å²) in [6, 6.07) is 0. The minimum Gasteiger partial charge on any atom is -0.407 e. The molecule has 0 rings (SSSR count). The summed E-state index contributed by atoms with van der Waals surface area (Å²) in [6.07, 6.45) is 1.27. The average Bonchev–Trinajstić information content (AvgIpc) is 1.84. The fourth-order valence-corrected chi connectivity index (χ4v) is 0.641. The molecular weight excluding hydrogens is 170 g/mol. The number of rotatable bonds is 2. The van der Waals surface area contributed by atoms with E-state index in [9.17, 15) is 13.2 Å². The molecule has 0 aromatic carbocycles. The first kappa shape index (κ1) is 9.83. The summed E-state index contributed by atoms with van der Waals surface area (Å²) in [5, 5.41) is 0. The van der Waals surface area contributed by atoms with Gasteiger partial charge in [-0.1, -0.05) is 4.36 Å². The number of nitrogens with zero attached hydrogens (tertiary/aromatic N) is 1. The van der Waals surface area contributed by atoms with Crippen LogP contribution in [-0.4, -0.2) is 14.4 Å². The van der Waals surface area contributed by atoms with Gasteiger partial charge < -0.3 is 4.74 Å². The van der Waals surface area contributed by atoms with Gasteiger partial charge in [-0.2, -0.15) is 8.42 Å². The van der Waals surface area contributed by atoms with Crippen molar-refractivity contribution in [2.75, 3.05) is 0 Å². The third-order valence-electron chi connectivity index (χ3n) is 0.660. The zero-order chi connectivity index (χ0) is 8.85. The van der Waals surface area contributed by atoms with Crippen LogP contribution in [0.4, 0.5) is 0 Å². The Hall–Kier alpha value is -1.17. The Labute approximate surface area is 65.4 Å². The predicted molar refractivity (Wildman–Crippen MR) is 36.9 cm³/mol. The van der Waals surface area contributed by atoms with E-state index in [2.05, 4.69) is 9.10 Å². The molecule has 0 N–H and O–H groups in total. The Kier molecular flexibility index (Phi) is 4.12. The summed E-state index contributed by atoms with van der Waals surface area (Å²) in [4.78, 5) is 10.3. The highest BCUT2D eigenvalue weighted by atomic mass is 32.2. The molecule has 0 heterocycles. The van der Waals surface area contributed by atoms with Gasteiger partial charge in [-0.15, -0.1) is 0 Å². The normalized spacial score (nSPS) is 10.5. The van der Waals surface area contributed by atoms with E-state index < -0.39 is 16.5 Å². The Morgan fingerprint density at radius 1 is 1.55 bits per heavy atom. The van der Waals surface area contributed by atoms with E-state index in [4.69, 9.17) is 0 Å². The lowest BCUT2D eigenvalue weighted by atomic mass is 10.6. The third-order valence-corrected chi connectivity index (χ3v) is 0.989. The summed E-state index contributed by atoms with van der Waals surface area (Å²) in [5.74, 6) is -0.821. The maximum Gasteiger partial charge on any atom is 0.319 e. The summed E-state index contributed by atoms with van der Waals surface area (Å²) in [6.45, 7) is 2.67. The van der Waals surface area contributed by atoms with Crippen LogP contribution in [-0.2, 0) is 20.0 Å². The Bertz CT molecular complexity index is 292. The lowest BCUT2D eigenvalue weighted by Crippen LogP contribution is -1.96. The van der Waals surface area contributed by atoms with E-state index in [1.54, 1.807) is 0 Å². The van der Waals surface area contributed by atoms with Gasteiger partial charge in [0.2, 0.25) is 5.88 Å². The van der Waals surface area contributed by atoms with Gasteiger partial charge in [0.25, 0.3) is 0 Å². The second-order valence-electron chi connectivity index (χ2n) is 1.53. The molecule has 0 aliphatic heterocycles. The van der Waals surface area contributed by atoms with E-state index in [1.165, 1.54) is 13.0 Å². The number of allylic oxidation sites excluding steroid dienone is 1. The maximum atomic E-state index is 10.3. The third kappa shape index (κ3) is 5.28. The molecule has 0 fully saturated rings. The molecule has 62 valence electrons. The molecule has 0 aromatic heterocycles. The van der Waals surface area contributed by atoms with Crippen molar-refractivity contribution in [2.45, 2.75) is 13.8 Å². The fraction of sp³-hybridized carbons (Fsp3) is 0.400. The summed E-state index contributed by atoms with van der Waals surface area (Å²) < 4.78 is 27.2. The largest absolute Gasteiger partial charge is 0.407 e. The van der Waals surface area contributed by atoms with Gasteiger partial charge in [0.05, 0.1) is 0 Å². The van der Waals surface area contributed by atoms with Crippen LogP contribution >= 0.6 is 0 Å². The molecule has 0 spiro atoms. The quantitative estimate of drug-likeness (QED) is 0.454. The second kappa shape index (κ2) is 4.62. The van der Waals surface area contributed by atoms with E-state index in [0.717, 1.165) is 6.92 Å². The maximum absolute atomic E-state index is 10.3. The van der Waals surface area contributed by atoms with Gasteiger partial charge in [-0.3, -0.25) is 4.79 Å². The molecule has 0 atom stereocenters. The zero-order valence-corrected chi connectivity index (χ0v) is 6.88. The Balaban J connectivity index is 4.47. The van der Waals surface area contributed by atoms with Gasteiger partial charge in [-0.25, -0.2) is 0 Å². The monoisotopic (exact) mass is 177 g/mol. The topological polar surface area (TPSA) is 72.8 Å². The van der Waals surface area contributed by atoms with Gasteiger partial charge in [0, 0.05) is 6.92 Å². The molecule has 0 saturated carbocycles. The van der Waals surface area contributed by atoms with Gasteiger partial charge in [0.15, 0.2) is 0 Å². The number of hydrogen-bond acceptors (Lipinski definition) is 5. The lowest BCUT2D eigenvalue weighted by Gasteiger charge is -1.94. The highest BCUT2D eigenvalue weighted by Gasteiger charge is 1.97. The zero-order valence-electron chi connectivity index (χ0n) is 6.07. The first-order valence-electron chi connectivity index (χ1n) is 2.72. The van der Waals surface area contributed by atoms with E-state index in [0.29, 0.717) is 0 Å². The van der Waals surface area contributed by atoms with Crippen molar-refractivity contribution in [2.24, 2.45) is 4.36 Å². The minimum absolute atomic E-state index is 0.217. The molecule has 6 heteroatoms. The van der Waals surface area contributed by atoms with Crippen molar-refractivity contribution in [3.05, 3.63) is 12.0 Å². The minimum atomic E-state index is -2.58. The molecule has 0 radical (unpaired) electrons. The van der Waals surface area contributed by atoms with Gasteiger partial charge in [-0.05, 0) is 13.0 Å². The van der Waals surface area contributed by atoms with Crippen LogP contribution in [0.2, 0.25) is 0 Å². The molecule has 0 aliphatic rings.